The molecule has 0 fully saturated rings. The summed E-state index contributed by atoms with van der Waals surface area (Å²) in [5.74, 6) is 1.12. The summed E-state index contributed by atoms with van der Waals surface area (Å²) in [5.41, 5.74) is 10.5. The molecule has 0 atom stereocenters. The van der Waals surface area contributed by atoms with Gasteiger partial charge in [-0.3, -0.25) is 5.01 Å². The zero-order valence-electron chi connectivity index (χ0n) is 12.1. The Hall–Kier alpha value is -2.38. The van der Waals surface area contributed by atoms with Crippen LogP contribution < -0.4 is 25.6 Å². The number of pyridine rings is 2. The minimum atomic E-state index is 0.518. The van der Waals surface area contributed by atoms with Crippen LogP contribution in [0.4, 0.5) is 11.4 Å². The second-order valence-electron chi connectivity index (χ2n) is 4.15. The van der Waals surface area contributed by atoms with Gasteiger partial charge >= 0.3 is 0 Å². The Kier molecular flexibility index (Phi) is 5.30. The van der Waals surface area contributed by atoms with E-state index in [2.05, 4.69) is 15.4 Å². The third-order valence-electron chi connectivity index (χ3n) is 2.79. The van der Waals surface area contributed by atoms with Crippen LogP contribution in [0.2, 0.25) is 0 Å². The maximum absolute atomic E-state index is 5.56. The van der Waals surface area contributed by atoms with Gasteiger partial charge in [-0.05, 0) is 12.1 Å². The van der Waals surface area contributed by atoms with Crippen molar-refractivity contribution in [2.24, 2.45) is 5.73 Å². The van der Waals surface area contributed by atoms with Gasteiger partial charge in [0.1, 0.15) is 0 Å². The number of hydrazine groups is 1. The van der Waals surface area contributed by atoms with E-state index in [0.29, 0.717) is 24.8 Å². The molecule has 0 bridgehead atoms. The van der Waals surface area contributed by atoms with E-state index in [4.69, 9.17) is 15.2 Å². The third-order valence-corrected chi connectivity index (χ3v) is 2.79. The fourth-order valence-corrected chi connectivity index (χ4v) is 1.76. The standard InChI is InChI=1S/C14H19N5O2/c1-20-13-5-3-11(9-16-13)19(18-8-7-15)12-4-6-14(21-2)17-10-12/h3-6,9-10,18H,7-8,15H2,1-2H3. The first-order valence-electron chi connectivity index (χ1n) is 6.52. The van der Waals surface area contributed by atoms with Crippen molar-refractivity contribution in [1.29, 1.82) is 0 Å². The van der Waals surface area contributed by atoms with Crippen LogP contribution in [0.1, 0.15) is 0 Å². The van der Waals surface area contributed by atoms with E-state index in [9.17, 15) is 0 Å². The van der Waals surface area contributed by atoms with Crippen molar-refractivity contribution in [3.05, 3.63) is 36.7 Å². The molecule has 2 aromatic heterocycles. The normalized spacial score (nSPS) is 10.2. The monoisotopic (exact) mass is 289 g/mol. The van der Waals surface area contributed by atoms with Gasteiger partial charge in [0.05, 0.1) is 38.0 Å². The van der Waals surface area contributed by atoms with Crippen LogP contribution in [-0.4, -0.2) is 37.3 Å². The molecule has 0 aliphatic rings. The molecule has 112 valence electrons. The molecular weight excluding hydrogens is 270 g/mol. The fraction of sp³-hybridized carbons (Fsp3) is 0.286. The molecule has 0 saturated heterocycles. The molecule has 2 rings (SSSR count). The van der Waals surface area contributed by atoms with Crippen molar-refractivity contribution in [2.75, 3.05) is 32.3 Å². The molecule has 0 aliphatic heterocycles. The van der Waals surface area contributed by atoms with Crippen molar-refractivity contribution in [1.82, 2.24) is 15.4 Å². The lowest BCUT2D eigenvalue weighted by Crippen LogP contribution is -2.37. The van der Waals surface area contributed by atoms with Gasteiger partial charge in [0.2, 0.25) is 11.8 Å². The number of aromatic nitrogens is 2. The van der Waals surface area contributed by atoms with E-state index >= 15 is 0 Å². The van der Waals surface area contributed by atoms with E-state index < -0.39 is 0 Å². The second-order valence-corrected chi connectivity index (χ2v) is 4.15. The van der Waals surface area contributed by atoms with Crippen molar-refractivity contribution < 1.29 is 9.47 Å². The number of hydrogen-bond donors (Lipinski definition) is 2. The number of rotatable bonds is 7. The highest BCUT2D eigenvalue weighted by molar-refractivity contribution is 5.60. The van der Waals surface area contributed by atoms with Gasteiger partial charge in [0.15, 0.2) is 0 Å². The average Bonchev–Trinajstić information content (AvgIpc) is 2.56. The summed E-state index contributed by atoms with van der Waals surface area (Å²) in [4.78, 5) is 8.41. The Bertz CT molecular complexity index is 497. The highest BCUT2D eigenvalue weighted by atomic mass is 16.5. The van der Waals surface area contributed by atoms with Crippen LogP contribution in [0.15, 0.2) is 36.7 Å². The largest absolute Gasteiger partial charge is 0.481 e. The number of ether oxygens (including phenoxy) is 2. The number of nitrogens with two attached hydrogens (primary N) is 1. The number of hydrogen-bond acceptors (Lipinski definition) is 7. The first-order valence-corrected chi connectivity index (χ1v) is 6.52. The molecule has 0 amide bonds. The number of anilines is 2. The summed E-state index contributed by atoms with van der Waals surface area (Å²) in [6, 6.07) is 7.39. The van der Waals surface area contributed by atoms with Crippen LogP contribution in [0.5, 0.6) is 11.8 Å². The van der Waals surface area contributed by atoms with Crippen LogP contribution in [0.25, 0.3) is 0 Å². The highest BCUT2D eigenvalue weighted by Gasteiger charge is 2.10. The zero-order valence-corrected chi connectivity index (χ0v) is 12.1. The van der Waals surface area contributed by atoms with Crippen LogP contribution in [0, 0.1) is 0 Å². The predicted octanol–water partition coefficient (Wildman–Crippen LogP) is 1.10. The third kappa shape index (κ3) is 3.80. The molecule has 3 N–H and O–H groups in total. The summed E-state index contributed by atoms with van der Waals surface area (Å²) in [6.45, 7) is 1.14. The maximum Gasteiger partial charge on any atom is 0.213 e. The highest BCUT2D eigenvalue weighted by Crippen LogP contribution is 2.24. The molecule has 0 saturated carbocycles. The second kappa shape index (κ2) is 7.41. The smallest absolute Gasteiger partial charge is 0.213 e. The molecule has 21 heavy (non-hydrogen) atoms. The Labute approximate surface area is 123 Å². The minimum Gasteiger partial charge on any atom is -0.481 e. The molecule has 7 nitrogen and oxygen atoms in total. The van der Waals surface area contributed by atoms with E-state index in [1.54, 1.807) is 38.7 Å². The Balaban J connectivity index is 2.26. The SMILES string of the molecule is COc1ccc(N(NCCN)c2ccc(OC)nc2)cn1. The van der Waals surface area contributed by atoms with E-state index in [1.807, 2.05) is 17.1 Å². The van der Waals surface area contributed by atoms with E-state index in [-0.39, 0.29) is 0 Å². The number of nitrogens with zero attached hydrogens (tertiary/aromatic N) is 3. The maximum atomic E-state index is 5.56. The molecular formula is C14H19N5O2. The quantitative estimate of drug-likeness (QED) is 0.738. The molecule has 7 heteroatoms. The summed E-state index contributed by atoms with van der Waals surface area (Å²) < 4.78 is 10.1. The van der Waals surface area contributed by atoms with E-state index in [0.717, 1.165) is 11.4 Å². The topological polar surface area (TPSA) is 85.5 Å². The zero-order chi connectivity index (χ0) is 15.1. The first-order chi connectivity index (χ1) is 10.3. The average molecular weight is 289 g/mol. The Morgan fingerprint density at radius 1 is 1.00 bits per heavy atom. The van der Waals surface area contributed by atoms with Crippen LogP contribution >= 0.6 is 0 Å². The molecule has 2 aromatic rings. The molecule has 0 unspecified atom stereocenters. The van der Waals surface area contributed by atoms with Crippen molar-refractivity contribution >= 4 is 11.4 Å². The Morgan fingerprint density at radius 2 is 1.52 bits per heavy atom. The first kappa shape index (κ1) is 15.0. The minimum absolute atomic E-state index is 0.518. The predicted molar refractivity (Wildman–Crippen MR) is 80.8 cm³/mol. The summed E-state index contributed by atoms with van der Waals surface area (Å²) >= 11 is 0. The molecule has 0 aliphatic carbocycles. The van der Waals surface area contributed by atoms with Gasteiger partial charge in [0, 0.05) is 25.2 Å². The van der Waals surface area contributed by atoms with Gasteiger partial charge in [-0.2, -0.15) is 0 Å². The molecule has 0 aromatic carbocycles. The Morgan fingerprint density at radius 3 is 1.86 bits per heavy atom. The van der Waals surface area contributed by atoms with Gasteiger partial charge in [-0.25, -0.2) is 15.4 Å². The van der Waals surface area contributed by atoms with Crippen molar-refractivity contribution in [3.8, 4) is 11.8 Å². The fourth-order valence-electron chi connectivity index (χ4n) is 1.76. The number of nitrogens with one attached hydrogen (secondary N) is 1. The summed E-state index contributed by atoms with van der Waals surface area (Å²) in [7, 11) is 3.17. The van der Waals surface area contributed by atoms with Crippen molar-refractivity contribution in [2.45, 2.75) is 0 Å². The summed E-state index contributed by atoms with van der Waals surface area (Å²) in [5, 5.41) is 1.87. The van der Waals surface area contributed by atoms with Crippen LogP contribution in [-0.2, 0) is 0 Å². The lowest BCUT2D eigenvalue weighted by atomic mass is 10.3. The van der Waals surface area contributed by atoms with Crippen LogP contribution in [0.3, 0.4) is 0 Å². The van der Waals surface area contributed by atoms with Gasteiger partial charge in [-0.1, -0.05) is 0 Å². The number of methoxy groups -OCH3 is 2. The van der Waals surface area contributed by atoms with E-state index in [1.165, 1.54) is 0 Å². The lowest BCUT2D eigenvalue weighted by Gasteiger charge is -2.25. The van der Waals surface area contributed by atoms with Gasteiger partial charge < -0.3 is 15.2 Å². The molecule has 2 heterocycles. The molecule has 0 radical (unpaired) electrons. The summed E-state index contributed by atoms with van der Waals surface area (Å²) in [6.07, 6.45) is 3.43. The van der Waals surface area contributed by atoms with Gasteiger partial charge in [-0.15, -0.1) is 0 Å². The van der Waals surface area contributed by atoms with Gasteiger partial charge in [0.25, 0.3) is 0 Å². The van der Waals surface area contributed by atoms with Crippen molar-refractivity contribution in [3.63, 3.8) is 0 Å². The lowest BCUT2D eigenvalue weighted by molar-refractivity contribution is 0.397. The molecule has 0 spiro atoms.